The molecule has 0 bridgehead atoms. The fraction of sp³-hybridized carbons (Fsp3) is 0.353. The molecular formula is C17H22N2O2S. The molecule has 1 aliphatic rings. The second-order valence-electron chi connectivity index (χ2n) is 5.27. The van der Waals surface area contributed by atoms with Gasteiger partial charge in [0, 0.05) is 18.2 Å². The van der Waals surface area contributed by atoms with Gasteiger partial charge in [-0.25, -0.2) is 5.43 Å². The Morgan fingerprint density at radius 3 is 3.00 bits per heavy atom. The number of nitrogens with one attached hydrogen (secondary N) is 2. The molecule has 2 N–H and O–H groups in total. The highest BCUT2D eigenvalue weighted by molar-refractivity contribution is 7.99. The van der Waals surface area contributed by atoms with Gasteiger partial charge in [-0.2, -0.15) is 0 Å². The number of hydrogen-bond donors (Lipinski definition) is 2. The summed E-state index contributed by atoms with van der Waals surface area (Å²) in [6, 6.07) is 6.25. The smallest absolute Gasteiger partial charge is 0.234 e. The molecule has 1 amide bonds. The van der Waals surface area contributed by atoms with Crippen molar-refractivity contribution in [3.63, 3.8) is 0 Å². The third kappa shape index (κ3) is 4.39. The van der Waals surface area contributed by atoms with Crippen molar-refractivity contribution in [1.82, 2.24) is 10.9 Å². The molecule has 0 saturated carbocycles. The molecular weight excluding hydrogens is 296 g/mol. The molecule has 1 fully saturated rings. The summed E-state index contributed by atoms with van der Waals surface area (Å²) in [6.07, 6.45) is 6.59. The van der Waals surface area contributed by atoms with Gasteiger partial charge in [0.25, 0.3) is 0 Å². The Labute approximate surface area is 136 Å². The van der Waals surface area contributed by atoms with Crippen LogP contribution in [-0.2, 0) is 4.79 Å². The van der Waals surface area contributed by atoms with E-state index >= 15 is 0 Å². The first kappa shape index (κ1) is 16.6. The van der Waals surface area contributed by atoms with Crippen LogP contribution in [-0.4, -0.2) is 24.8 Å². The van der Waals surface area contributed by atoms with Gasteiger partial charge in [0.1, 0.15) is 5.75 Å². The molecule has 0 aromatic heterocycles. The van der Waals surface area contributed by atoms with E-state index in [0.717, 1.165) is 22.0 Å². The Kier molecular flexibility index (Phi) is 6.10. The Morgan fingerprint density at radius 2 is 2.32 bits per heavy atom. The zero-order valence-corrected chi connectivity index (χ0v) is 13.8. The van der Waals surface area contributed by atoms with Gasteiger partial charge in [-0.05, 0) is 23.6 Å². The molecule has 1 saturated heterocycles. The number of methoxy groups -OCH3 is 1. The second-order valence-corrected chi connectivity index (χ2v) is 6.33. The molecule has 1 aliphatic heterocycles. The van der Waals surface area contributed by atoms with Crippen molar-refractivity contribution in [2.45, 2.75) is 24.3 Å². The molecule has 1 aromatic rings. The number of carbonyl (C=O) groups excluding carboxylic acids is 1. The molecule has 2 unspecified atom stereocenters. The fourth-order valence-corrected chi connectivity index (χ4v) is 3.10. The molecule has 1 heterocycles. The van der Waals surface area contributed by atoms with E-state index in [2.05, 4.69) is 42.6 Å². The summed E-state index contributed by atoms with van der Waals surface area (Å²) in [5.41, 5.74) is 6.82. The zero-order valence-electron chi connectivity index (χ0n) is 13.0. The molecule has 2 rings (SSSR count). The Balaban J connectivity index is 2.10. The van der Waals surface area contributed by atoms with Gasteiger partial charge >= 0.3 is 0 Å². The Bertz CT molecular complexity index is 572. The van der Waals surface area contributed by atoms with E-state index in [1.165, 1.54) is 0 Å². The average Bonchev–Trinajstić information content (AvgIpc) is 2.52. The number of rotatable bonds is 6. The predicted octanol–water partition coefficient (Wildman–Crippen LogP) is 3.02. The Hall–Kier alpha value is -1.72. The number of amides is 1. The molecule has 4 nitrogen and oxygen atoms in total. The van der Waals surface area contributed by atoms with Gasteiger partial charge in [-0.15, -0.1) is 18.3 Å². The van der Waals surface area contributed by atoms with Crippen molar-refractivity contribution in [2.75, 3.05) is 12.9 Å². The molecule has 1 aromatic carbocycles. The second kappa shape index (κ2) is 8.06. The van der Waals surface area contributed by atoms with Crippen LogP contribution in [0.25, 0.3) is 6.08 Å². The minimum absolute atomic E-state index is 0.0460. The lowest BCUT2D eigenvalue weighted by Crippen LogP contribution is -2.52. The summed E-state index contributed by atoms with van der Waals surface area (Å²) in [5, 5.41) is 0. The molecule has 22 heavy (non-hydrogen) atoms. The monoisotopic (exact) mass is 318 g/mol. The first-order valence-electron chi connectivity index (χ1n) is 7.28. The van der Waals surface area contributed by atoms with Crippen LogP contribution in [0.4, 0.5) is 0 Å². The fourth-order valence-electron chi connectivity index (χ4n) is 2.29. The van der Waals surface area contributed by atoms with E-state index in [1.54, 1.807) is 18.9 Å². The zero-order chi connectivity index (χ0) is 15.9. The quantitative estimate of drug-likeness (QED) is 0.625. The van der Waals surface area contributed by atoms with Crippen LogP contribution in [0, 0.1) is 5.92 Å². The Morgan fingerprint density at radius 1 is 1.50 bits per heavy atom. The van der Waals surface area contributed by atoms with Gasteiger partial charge in [0.2, 0.25) is 5.91 Å². The SMILES string of the molecule is C=CCSc1cc(/C=C/C2NNC(=O)CC2C)ccc1OC. The van der Waals surface area contributed by atoms with Crippen molar-refractivity contribution in [3.8, 4) is 5.75 Å². The van der Waals surface area contributed by atoms with E-state index < -0.39 is 0 Å². The third-order valence-corrected chi connectivity index (χ3v) is 4.57. The first-order chi connectivity index (χ1) is 10.6. The average molecular weight is 318 g/mol. The van der Waals surface area contributed by atoms with E-state index in [9.17, 15) is 4.79 Å². The van der Waals surface area contributed by atoms with E-state index in [0.29, 0.717) is 6.42 Å². The minimum atomic E-state index is 0.0460. The third-order valence-electron chi connectivity index (χ3n) is 3.54. The minimum Gasteiger partial charge on any atom is -0.496 e. The normalized spacial score (nSPS) is 21.6. The molecule has 2 atom stereocenters. The molecule has 118 valence electrons. The molecule has 0 spiro atoms. The molecule has 5 heteroatoms. The van der Waals surface area contributed by atoms with Crippen molar-refractivity contribution in [2.24, 2.45) is 5.92 Å². The number of carbonyl (C=O) groups is 1. The number of benzene rings is 1. The highest BCUT2D eigenvalue weighted by Crippen LogP contribution is 2.30. The number of hydrazine groups is 1. The standard InChI is InChI=1S/C17H22N2O2S/c1-4-9-22-16-11-13(6-8-15(16)21-3)5-7-14-12(2)10-17(20)19-18-14/h4-8,11-12,14,18H,1,9-10H2,2-3H3,(H,19,20)/b7-5+. The van der Waals surface area contributed by atoms with E-state index in [-0.39, 0.29) is 17.9 Å². The summed E-state index contributed by atoms with van der Waals surface area (Å²) in [6.45, 7) is 5.82. The maximum Gasteiger partial charge on any atom is 0.234 e. The number of ether oxygens (including phenoxy) is 1. The summed E-state index contributed by atoms with van der Waals surface area (Å²) < 4.78 is 5.38. The predicted molar refractivity (Wildman–Crippen MR) is 91.8 cm³/mol. The maximum atomic E-state index is 11.3. The lowest BCUT2D eigenvalue weighted by atomic mass is 9.96. The van der Waals surface area contributed by atoms with Crippen LogP contribution in [0.5, 0.6) is 5.75 Å². The van der Waals surface area contributed by atoms with E-state index in [4.69, 9.17) is 4.74 Å². The van der Waals surface area contributed by atoms with Crippen LogP contribution in [0.1, 0.15) is 18.9 Å². The highest BCUT2D eigenvalue weighted by Gasteiger charge is 2.22. The van der Waals surface area contributed by atoms with Crippen molar-refractivity contribution in [1.29, 1.82) is 0 Å². The maximum absolute atomic E-state index is 11.3. The summed E-state index contributed by atoms with van der Waals surface area (Å²) in [5.74, 6) is 2.04. The van der Waals surface area contributed by atoms with Gasteiger partial charge in [0.05, 0.1) is 12.0 Å². The van der Waals surface area contributed by atoms with Crippen molar-refractivity contribution < 1.29 is 9.53 Å². The van der Waals surface area contributed by atoms with Gasteiger partial charge < -0.3 is 4.74 Å². The summed E-state index contributed by atoms with van der Waals surface area (Å²) in [7, 11) is 1.68. The summed E-state index contributed by atoms with van der Waals surface area (Å²) >= 11 is 1.70. The summed E-state index contributed by atoms with van der Waals surface area (Å²) in [4.78, 5) is 12.4. The van der Waals surface area contributed by atoms with E-state index in [1.807, 2.05) is 18.2 Å². The largest absolute Gasteiger partial charge is 0.496 e. The van der Waals surface area contributed by atoms with Gasteiger partial charge in [0.15, 0.2) is 0 Å². The van der Waals surface area contributed by atoms with Crippen LogP contribution >= 0.6 is 11.8 Å². The lowest BCUT2D eigenvalue weighted by molar-refractivity contribution is -0.125. The highest BCUT2D eigenvalue weighted by atomic mass is 32.2. The number of thioether (sulfide) groups is 1. The van der Waals surface area contributed by atoms with Gasteiger partial charge in [-0.3, -0.25) is 10.2 Å². The molecule has 0 aliphatic carbocycles. The topological polar surface area (TPSA) is 50.4 Å². The van der Waals surface area contributed by atoms with Crippen LogP contribution < -0.4 is 15.6 Å². The lowest BCUT2D eigenvalue weighted by Gasteiger charge is -2.27. The van der Waals surface area contributed by atoms with Crippen LogP contribution in [0.2, 0.25) is 0 Å². The first-order valence-corrected chi connectivity index (χ1v) is 8.27. The van der Waals surface area contributed by atoms with Crippen LogP contribution in [0.15, 0.2) is 41.8 Å². The van der Waals surface area contributed by atoms with Crippen molar-refractivity contribution in [3.05, 3.63) is 42.5 Å². The molecule has 0 radical (unpaired) electrons. The van der Waals surface area contributed by atoms with Gasteiger partial charge in [-0.1, -0.05) is 31.2 Å². The number of hydrogen-bond acceptors (Lipinski definition) is 4. The van der Waals surface area contributed by atoms with Crippen LogP contribution in [0.3, 0.4) is 0 Å². The van der Waals surface area contributed by atoms with Crippen molar-refractivity contribution >= 4 is 23.7 Å².